The van der Waals surface area contributed by atoms with Crippen LogP contribution in [0.15, 0.2) is 0 Å². The van der Waals surface area contributed by atoms with E-state index in [9.17, 15) is 0 Å². The SMILES string of the molecule is CCC(C)(C)CNC12CC3CC(CC(C3)C1)C2. The van der Waals surface area contributed by atoms with Crippen LogP contribution in [0, 0.1) is 23.2 Å². The van der Waals surface area contributed by atoms with Crippen molar-refractivity contribution in [3.63, 3.8) is 0 Å². The maximum atomic E-state index is 4.02. The predicted octanol–water partition coefficient (Wildman–Crippen LogP) is 3.98. The third kappa shape index (κ3) is 2.28. The van der Waals surface area contributed by atoms with Crippen LogP contribution in [0.25, 0.3) is 0 Å². The van der Waals surface area contributed by atoms with Crippen molar-refractivity contribution in [1.82, 2.24) is 5.32 Å². The van der Waals surface area contributed by atoms with Crippen molar-refractivity contribution >= 4 is 0 Å². The first kappa shape index (κ1) is 12.0. The third-order valence-corrected chi connectivity index (χ3v) is 5.94. The summed E-state index contributed by atoms with van der Waals surface area (Å²) in [6, 6.07) is 0. The second-order valence-corrected chi connectivity index (χ2v) is 8.07. The Morgan fingerprint density at radius 2 is 1.47 bits per heavy atom. The van der Waals surface area contributed by atoms with Crippen LogP contribution in [0.4, 0.5) is 0 Å². The molecule has 0 atom stereocenters. The summed E-state index contributed by atoms with van der Waals surface area (Å²) in [6.45, 7) is 8.35. The Labute approximate surface area is 107 Å². The van der Waals surface area contributed by atoms with Crippen LogP contribution < -0.4 is 5.32 Å². The Morgan fingerprint density at radius 1 is 1.00 bits per heavy atom. The molecule has 0 spiro atoms. The lowest BCUT2D eigenvalue weighted by atomic mass is 9.53. The van der Waals surface area contributed by atoms with Crippen LogP contribution in [-0.2, 0) is 0 Å². The molecule has 0 radical (unpaired) electrons. The second-order valence-electron chi connectivity index (χ2n) is 8.07. The van der Waals surface area contributed by atoms with Crippen LogP contribution in [0.5, 0.6) is 0 Å². The Balaban J connectivity index is 1.66. The van der Waals surface area contributed by atoms with Crippen molar-refractivity contribution < 1.29 is 0 Å². The number of rotatable bonds is 4. The minimum absolute atomic E-state index is 0.476. The highest BCUT2D eigenvalue weighted by Gasteiger charge is 2.50. The number of hydrogen-bond donors (Lipinski definition) is 1. The van der Waals surface area contributed by atoms with Crippen LogP contribution in [0.3, 0.4) is 0 Å². The molecule has 4 bridgehead atoms. The molecule has 1 heteroatoms. The number of nitrogens with one attached hydrogen (secondary N) is 1. The van der Waals surface area contributed by atoms with Gasteiger partial charge in [0, 0.05) is 12.1 Å². The monoisotopic (exact) mass is 235 g/mol. The molecule has 1 N–H and O–H groups in total. The van der Waals surface area contributed by atoms with Gasteiger partial charge in [0.15, 0.2) is 0 Å². The fourth-order valence-electron chi connectivity index (χ4n) is 4.88. The fraction of sp³-hybridized carbons (Fsp3) is 1.00. The Kier molecular flexibility index (Phi) is 2.81. The average molecular weight is 235 g/mol. The van der Waals surface area contributed by atoms with Gasteiger partial charge < -0.3 is 5.32 Å². The van der Waals surface area contributed by atoms with E-state index >= 15 is 0 Å². The minimum Gasteiger partial charge on any atom is -0.311 e. The smallest absolute Gasteiger partial charge is 0.0189 e. The molecule has 0 aromatic heterocycles. The van der Waals surface area contributed by atoms with E-state index in [1.165, 1.54) is 32.2 Å². The molecule has 4 fully saturated rings. The van der Waals surface area contributed by atoms with Gasteiger partial charge in [-0.15, -0.1) is 0 Å². The Bertz CT molecular complexity index is 257. The predicted molar refractivity (Wildman–Crippen MR) is 73.0 cm³/mol. The molecule has 0 heterocycles. The summed E-state index contributed by atoms with van der Waals surface area (Å²) in [5, 5.41) is 4.02. The van der Waals surface area contributed by atoms with Gasteiger partial charge in [0.2, 0.25) is 0 Å². The molecule has 4 aliphatic rings. The first-order chi connectivity index (χ1) is 8.00. The molecule has 1 nitrogen and oxygen atoms in total. The van der Waals surface area contributed by atoms with E-state index in [2.05, 4.69) is 26.1 Å². The number of hydrogen-bond acceptors (Lipinski definition) is 1. The van der Waals surface area contributed by atoms with Gasteiger partial charge in [-0.25, -0.2) is 0 Å². The highest BCUT2D eigenvalue weighted by molar-refractivity contribution is 5.06. The van der Waals surface area contributed by atoms with Crippen LogP contribution >= 0.6 is 0 Å². The summed E-state index contributed by atoms with van der Waals surface area (Å²) < 4.78 is 0. The third-order valence-electron chi connectivity index (χ3n) is 5.94. The molecule has 4 rings (SSSR count). The second kappa shape index (κ2) is 3.98. The summed E-state index contributed by atoms with van der Waals surface area (Å²) in [5.41, 5.74) is 1.03. The highest BCUT2D eigenvalue weighted by Crippen LogP contribution is 2.55. The van der Waals surface area contributed by atoms with E-state index in [4.69, 9.17) is 0 Å². The van der Waals surface area contributed by atoms with Crippen molar-refractivity contribution in [1.29, 1.82) is 0 Å². The van der Waals surface area contributed by atoms with Crippen LogP contribution in [0.2, 0.25) is 0 Å². The van der Waals surface area contributed by atoms with E-state index in [0.717, 1.165) is 17.8 Å². The summed E-state index contributed by atoms with van der Waals surface area (Å²) in [7, 11) is 0. The summed E-state index contributed by atoms with van der Waals surface area (Å²) in [5.74, 6) is 3.20. The average Bonchev–Trinajstić information content (AvgIpc) is 2.25. The molecule has 4 aliphatic carbocycles. The zero-order valence-corrected chi connectivity index (χ0v) is 11.9. The topological polar surface area (TPSA) is 12.0 Å². The van der Waals surface area contributed by atoms with Crippen molar-refractivity contribution in [2.45, 2.75) is 71.3 Å². The summed E-state index contributed by atoms with van der Waals surface area (Å²) >= 11 is 0. The van der Waals surface area contributed by atoms with Gasteiger partial charge in [-0.05, 0) is 68.1 Å². The lowest BCUT2D eigenvalue weighted by Crippen LogP contribution is -2.59. The van der Waals surface area contributed by atoms with Crippen LogP contribution in [-0.4, -0.2) is 12.1 Å². The van der Waals surface area contributed by atoms with E-state index in [1.54, 1.807) is 19.3 Å². The molecular formula is C16H29N. The molecule has 0 aliphatic heterocycles. The first-order valence-corrected chi connectivity index (χ1v) is 7.75. The zero-order chi connectivity index (χ0) is 12.1. The summed E-state index contributed by atoms with van der Waals surface area (Å²) in [6.07, 6.45) is 10.4. The highest BCUT2D eigenvalue weighted by atomic mass is 15.0. The molecular weight excluding hydrogens is 206 g/mol. The van der Waals surface area contributed by atoms with Crippen molar-refractivity contribution in [3.8, 4) is 0 Å². The standard InChI is InChI=1S/C16H29N/c1-4-15(2,3)11-17-16-8-12-5-13(9-16)7-14(6-12)10-16/h12-14,17H,4-11H2,1-3H3. The molecule has 4 saturated carbocycles. The molecule has 0 unspecified atom stereocenters. The van der Waals surface area contributed by atoms with E-state index in [0.29, 0.717) is 11.0 Å². The van der Waals surface area contributed by atoms with Gasteiger partial charge in [0.05, 0.1) is 0 Å². The molecule has 0 aromatic carbocycles. The Morgan fingerprint density at radius 3 is 1.88 bits per heavy atom. The molecule has 0 aromatic rings. The normalized spacial score (nSPS) is 44.3. The van der Waals surface area contributed by atoms with Gasteiger partial charge in [-0.3, -0.25) is 0 Å². The van der Waals surface area contributed by atoms with E-state index in [1.807, 2.05) is 0 Å². The lowest BCUT2D eigenvalue weighted by molar-refractivity contribution is -0.0237. The molecule has 17 heavy (non-hydrogen) atoms. The van der Waals surface area contributed by atoms with Crippen LogP contribution in [0.1, 0.15) is 65.7 Å². The quantitative estimate of drug-likeness (QED) is 0.777. The summed E-state index contributed by atoms with van der Waals surface area (Å²) in [4.78, 5) is 0. The van der Waals surface area contributed by atoms with Gasteiger partial charge in [0.25, 0.3) is 0 Å². The van der Waals surface area contributed by atoms with Crippen molar-refractivity contribution in [3.05, 3.63) is 0 Å². The van der Waals surface area contributed by atoms with Gasteiger partial charge in [0.1, 0.15) is 0 Å². The fourth-order valence-corrected chi connectivity index (χ4v) is 4.88. The molecule has 0 saturated heterocycles. The molecule has 0 amide bonds. The van der Waals surface area contributed by atoms with Crippen molar-refractivity contribution in [2.75, 3.05) is 6.54 Å². The maximum Gasteiger partial charge on any atom is 0.0189 e. The molecule has 98 valence electrons. The van der Waals surface area contributed by atoms with E-state index in [-0.39, 0.29) is 0 Å². The Hall–Kier alpha value is -0.0400. The van der Waals surface area contributed by atoms with Crippen molar-refractivity contribution in [2.24, 2.45) is 23.2 Å². The van der Waals surface area contributed by atoms with E-state index < -0.39 is 0 Å². The zero-order valence-electron chi connectivity index (χ0n) is 11.9. The first-order valence-electron chi connectivity index (χ1n) is 7.75. The lowest BCUT2D eigenvalue weighted by Gasteiger charge is -2.57. The minimum atomic E-state index is 0.476. The largest absolute Gasteiger partial charge is 0.311 e. The maximum absolute atomic E-state index is 4.02. The van der Waals surface area contributed by atoms with Gasteiger partial charge in [-0.2, -0.15) is 0 Å². The van der Waals surface area contributed by atoms with Gasteiger partial charge >= 0.3 is 0 Å². The van der Waals surface area contributed by atoms with Gasteiger partial charge in [-0.1, -0.05) is 20.8 Å².